The van der Waals surface area contributed by atoms with E-state index in [1.54, 1.807) is 11.3 Å². The van der Waals surface area contributed by atoms with Gasteiger partial charge in [0.25, 0.3) is 0 Å². The van der Waals surface area contributed by atoms with Crippen molar-refractivity contribution in [1.82, 2.24) is 10.3 Å². The lowest BCUT2D eigenvalue weighted by atomic mass is 10.2. The van der Waals surface area contributed by atoms with Crippen LogP contribution in [0.1, 0.15) is 23.3 Å². The van der Waals surface area contributed by atoms with Gasteiger partial charge in [0.05, 0.1) is 24.6 Å². The monoisotopic (exact) mass is 402 g/mol. The van der Waals surface area contributed by atoms with Gasteiger partial charge in [0.1, 0.15) is 11.5 Å². The third-order valence-electron chi connectivity index (χ3n) is 3.82. The molecule has 3 aromatic rings. The number of amides is 1. The number of rotatable bonds is 9. The first-order valence-corrected chi connectivity index (χ1v) is 10.8. The van der Waals surface area contributed by atoms with Crippen LogP contribution in [0.5, 0.6) is 5.75 Å². The predicted octanol–water partition coefficient (Wildman–Crippen LogP) is 4.66. The van der Waals surface area contributed by atoms with E-state index in [-0.39, 0.29) is 5.91 Å². The van der Waals surface area contributed by atoms with Crippen molar-refractivity contribution in [3.8, 4) is 17.2 Å². The second-order valence-electron chi connectivity index (χ2n) is 5.83. The van der Waals surface area contributed by atoms with Gasteiger partial charge in [-0.05, 0) is 49.6 Å². The zero-order chi connectivity index (χ0) is 19.1. The van der Waals surface area contributed by atoms with Gasteiger partial charge in [-0.25, -0.2) is 4.98 Å². The van der Waals surface area contributed by atoms with Crippen LogP contribution in [0.3, 0.4) is 0 Å². The van der Waals surface area contributed by atoms with E-state index in [1.165, 1.54) is 11.8 Å². The van der Waals surface area contributed by atoms with E-state index < -0.39 is 0 Å². The Kier molecular flexibility index (Phi) is 6.95. The van der Waals surface area contributed by atoms with Gasteiger partial charge in [-0.3, -0.25) is 4.79 Å². The molecule has 142 valence electrons. The summed E-state index contributed by atoms with van der Waals surface area (Å²) < 4.78 is 11.2. The molecule has 7 heteroatoms. The first-order valence-electron chi connectivity index (χ1n) is 8.72. The molecule has 0 spiro atoms. The molecule has 0 fully saturated rings. The highest BCUT2D eigenvalue weighted by atomic mass is 32.2. The average molecular weight is 403 g/mol. The Morgan fingerprint density at radius 3 is 2.81 bits per heavy atom. The van der Waals surface area contributed by atoms with Crippen LogP contribution in [0, 0.1) is 6.92 Å². The number of oxazole rings is 1. The molecule has 1 amide bonds. The van der Waals surface area contributed by atoms with Crippen molar-refractivity contribution in [3.63, 3.8) is 0 Å². The average Bonchev–Trinajstić information content (AvgIpc) is 3.31. The number of nitrogens with one attached hydrogen (secondary N) is 1. The Morgan fingerprint density at radius 2 is 2.11 bits per heavy atom. The fourth-order valence-corrected chi connectivity index (χ4v) is 3.93. The maximum absolute atomic E-state index is 11.9. The quantitative estimate of drug-likeness (QED) is 0.564. The summed E-state index contributed by atoms with van der Waals surface area (Å²) >= 11 is 3.17. The molecule has 0 aliphatic heterocycles. The number of benzene rings is 1. The fourth-order valence-electron chi connectivity index (χ4n) is 2.44. The Morgan fingerprint density at radius 1 is 1.30 bits per heavy atom. The van der Waals surface area contributed by atoms with E-state index >= 15 is 0 Å². The van der Waals surface area contributed by atoms with Gasteiger partial charge in [-0.2, -0.15) is 0 Å². The summed E-state index contributed by atoms with van der Waals surface area (Å²) in [6.07, 6.45) is 0. The Labute approximate surface area is 167 Å². The van der Waals surface area contributed by atoms with Crippen molar-refractivity contribution in [2.24, 2.45) is 0 Å². The van der Waals surface area contributed by atoms with Gasteiger partial charge in [0.15, 0.2) is 0 Å². The van der Waals surface area contributed by atoms with Crippen LogP contribution < -0.4 is 10.1 Å². The van der Waals surface area contributed by atoms with E-state index in [2.05, 4.69) is 10.3 Å². The molecule has 0 aliphatic carbocycles. The maximum atomic E-state index is 11.9. The standard InChI is InChI=1S/C20H22N2O3S2/c1-3-24-16-8-6-15(7-9-16)20-22-18(14(2)25-20)12-26-13-19(23)21-11-17-5-4-10-27-17/h4-10H,3,11-13H2,1-2H3,(H,21,23). The predicted molar refractivity (Wildman–Crippen MR) is 110 cm³/mol. The molecule has 1 N–H and O–H groups in total. The number of aromatic nitrogens is 1. The van der Waals surface area contributed by atoms with Crippen LogP contribution in [0.2, 0.25) is 0 Å². The zero-order valence-corrected chi connectivity index (χ0v) is 17.0. The number of nitrogens with zero attached hydrogens (tertiary/aromatic N) is 1. The number of hydrogen-bond acceptors (Lipinski definition) is 6. The number of hydrogen-bond donors (Lipinski definition) is 1. The molecule has 0 saturated heterocycles. The lowest BCUT2D eigenvalue weighted by molar-refractivity contribution is -0.118. The summed E-state index contributed by atoms with van der Waals surface area (Å²) in [6.45, 7) is 5.08. The lowest BCUT2D eigenvalue weighted by Gasteiger charge is -2.03. The molecule has 1 aromatic carbocycles. The number of thioether (sulfide) groups is 1. The second-order valence-corrected chi connectivity index (χ2v) is 7.85. The van der Waals surface area contributed by atoms with Crippen LogP contribution >= 0.6 is 23.1 Å². The number of aryl methyl sites for hydroxylation is 1. The van der Waals surface area contributed by atoms with E-state index in [0.717, 1.165) is 27.6 Å². The summed E-state index contributed by atoms with van der Waals surface area (Å²) in [5.74, 6) is 3.27. The van der Waals surface area contributed by atoms with Gasteiger partial charge in [0, 0.05) is 16.2 Å². The minimum Gasteiger partial charge on any atom is -0.494 e. The van der Waals surface area contributed by atoms with Crippen molar-refractivity contribution in [3.05, 3.63) is 58.1 Å². The molecule has 27 heavy (non-hydrogen) atoms. The van der Waals surface area contributed by atoms with Crippen molar-refractivity contribution in [2.75, 3.05) is 12.4 Å². The highest BCUT2D eigenvalue weighted by molar-refractivity contribution is 7.99. The molecule has 0 unspecified atom stereocenters. The third kappa shape index (κ3) is 5.61. The van der Waals surface area contributed by atoms with E-state index in [4.69, 9.17) is 9.15 Å². The van der Waals surface area contributed by atoms with Crippen LogP contribution in [-0.2, 0) is 17.1 Å². The third-order valence-corrected chi connectivity index (χ3v) is 5.64. The van der Waals surface area contributed by atoms with Crippen molar-refractivity contribution in [1.29, 1.82) is 0 Å². The van der Waals surface area contributed by atoms with E-state index in [9.17, 15) is 4.79 Å². The second kappa shape index (κ2) is 9.62. The summed E-state index contributed by atoms with van der Waals surface area (Å²) in [4.78, 5) is 17.7. The number of carbonyl (C=O) groups excluding carboxylic acids is 1. The van der Waals surface area contributed by atoms with Gasteiger partial charge >= 0.3 is 0 Å². The molecule has 0 bridgehead atoms. The highest BCUT2D eigenvalue weighted by Crippen LogP contribution is 2.26. The number of carbonyl (C=O) groups is 1. The molecule has 0 radical (unpaired) electrons. The van der Waals surface area contributed by atoms with E-state index in [0.29, 0.717) is 30.5 Å². The minimum atomic E-state index is 0.0290. The maximum Gasteiger partial charge on any atom is 0.230 e. The summed E-state index contributed by atoms with van der Waals surface area (Å²) in [7, 11) is 0. The minimum absolute atomic E-state index is 0.0290. The van der Waals surface area contributed by atoms with Crippen molar-refractivity contribution < 1.29 is 13.9 Å². The van der Waals surface area contributed by atoms with Gasteiger partial charge < -0.3 is 14.5 Å². The molecule has 3 rings (SSSR count). The molecule has 0 atom stereocenters. The van der Waals surface area contributed by atoms with Crippen LogP contribution in [0.4, 0.5) is 0 Å². The topological polar surface area (TPSA) is 64.4 Å². The van der Waals surface area contributed by atoms with Crippen molar-refractivity contribution in [2.45, 2.75) is 26.1 Å². The molecular formula is C20H22N2O3S2. The van der Waals surface area contributed by atoms with Gasteiger partial charge in [-0.15, -0.1) is 23.1 Å². The molecule has 2 aromatic heterocycles. The van der Waals surface area contributed by atoms with Crippen molar-refractivity contribution >= 4 is 29.0 Å². The highest BCUT2D eigenvalue weighted by Gasteiger charge is 2.12. The summed E-state index contributed by atoms with van der Waals surface area (Å²) in [5, 5.41) is 4.93. The van der Waals surface area contributed by atoms with Crippen LogP contribution in [-0.4, -0.2) is 23.3 Å². The summed E-state index contributed by atoms with van der Waals surface area (Å²) in [6, 6.07) is 11.7. The molecule has 0 aliphatic rings. The Hall–Kier alpha value is -2.25. The smallest absolute Gasteiger partial charge is 0.230 e. The number of thiophene rings is 1. The lowest BCUT2D eigenvalue weighted by Crippen LogP contribution is -2.24. The normalized spacial score (nSPS) is 10.7. The first kappa shape index (κ1) is 19.5. The fraction of sp³-hybridized carbons (Fsp3) is 0.300. The Bertz CT molecular complexity index is 858. The molecule has 0 saturated carbocycles. The summed E-state index contributed by atoms with van der Waals surface area (Å²) in [5.41, 5.74) is 1.78. The molecule has 5 nitrogen and oxygen atoms in total. The van der Waals surface area contributed by atoms with E-state index in [1.807, 2.05) is 55.6 Å². The molecule has 2 heterocycles. The van der Waals surface area contributed by atoms with Gasteiger partial charge in [-0.1, -0.05) is 6.07 Å². The van der Waals surface area contributed by atoms with Crippen LogP contribution in [0.15, 0.2) is 46.2 Å². The SMILES string of the molecule is CCOc1ccc(-c2nc(CSCC(=O)NCc3cccs3)c(C)o2)cc1. The zero-order valence-electron chi connectivity index (χ0n) is 15.4. The first-order chi connectivity index (χ1) is 13.2. The largest absolute Gasteiger partial charge is 0.494 e. The molecular weight excluding hydrogens is 380 g/mol. The van der Waals surface area contributed by atoms with Crippen LogP contribution in [0.25, 0.3) is 11.5 Å². The Balaban J connectivity index is 1.50. The van der Waals surface area contributed by atoms with Gasteiger partial charge in [0.2, 0.25) is 11.8 Å². The number of ether oxygens (including phenoxy) is 1.